The summed E-state index contributed by atoms with van der Waals surface area (Å²) in [7, 11) is 4.32. The van der Waals surface area contributed by atoms with Gasteiger partial charge >= 0.3 is 0 Å². The largest absolute Gasteiger partial charge is 0.312 e. The molecule has 1 aromatic carbocycles. The van der Waals surface area contributed by atoms with Crippen LogP contribution < -0.4 is 5.32 Å². The van der Waals surface area contributed by atoms with E-state index in [-0.39, 0.29) is 0 Å². The summed E-state index contributed by atoms with van der Waals surface area (Å²) in [5.74, 6) is 0. The second-order valence-corrected chi connectivity index (χ2v) is 5.28. The Kier molecular flexibility index (Phi) is 4.57. The molecule has 1 unspecified atom stereocenters. The number of hydrogen-bond acceptors (Lipinski definition) is 2. The Morgan fingerprint density at radius 3 is 2.41 bits per heavy atom. The highest BCUT2D eigenvalue weighted by Gasteiger charge is 2.18. The molecule has 1 aliphatic rings. The lowest BCUT2D eigenvalue weighted by Crippen LogP contribution is -2.35. The summed E-state index contributed by atoms with van der Waals surface area (Å²) < 4.78 is 0. The Bertz CT molecular complexity index is 315. The van der Waals surface area contributed by atoms with Crippen molar-refractivity contribution in [2.24, 2.45) is 0 Å². The summed E-state index contributed by atoms with van der Waals surface area (Å²) in [5, 5.41) is 3.72. The van der Waals surface area contributed by atoms with E-state index in [2.05, 4.69) is 54.6 Å². The van der Waals surface area contributed by atoms with Crippen LogP contribution in [0.4, 0.5) is 0 Å². The molecule has 2 nitrogen and oxygen atoms in total. The number of likely N-dealkylation sites (N-methyl/N-ethyl adjacent to an activating group) is 1. The lowest BCUT2D eigenvalue weighted by molar-refractivity contribution is 0.279. The van der Waals surface area contributed by atoms with Crippen molar-refractivity contribution in [2.75, 3.05) is 20.6 Å². The highest BCUT2D eigenvalue weighted by atomic mass is 15.1. The monoisotopic (exact) mass is 232 g/mol. The van der Waals surface area contributed by atoms with Crippen LogP contribution in [-0.4, -0.2) is 31.6 Å². The molecule has 1 atom stereocenters. The molecule has 0 aliphatic heterocycles. The predicted octanol–water partition coefficient (Wildman–Crippen LogP) is 2.82. The third-order valence-electron chi connectivity index (χ3n) is 3.76. The first-order valence-corrected chi connectivity index (χ1v) is 6.72. The predicted molar refractivity (Wildman–Crippen MR) is 73.1 cm³/mol. The number of benzene rings is 1. The third kappa shape index (κ3) is 3.55. The number of nitrogens with zero attached hydrogens (tertiary/aromatic N) is 1. The topological polar surface area (TPSA) is 15.3 Å². The van der Waals surface area contributed by atoms with Crippen LogP contribution in [0.25, 0.3) is 0 Å². The molecular formula is C15H24N2. The van der Waals surface area contributed by atoms with Crippen LogP contribution in [0.5, 0.6) is 0 Å². The molecule has 2 rings (SSSR count). The highest BCUT2D eigenvalue weighted by molar-refractivity contribution is 5.19. The van der Waals surface area contributed by atoms with Gasteiger partial charge in [0.05, 0.1) is 0 Å². The van der Waals surface area contributed by atoms with Gasteiger partial charge in [-0.25, -0.2) is 0 Å². The van der Waals surface area contributed by atoms with E-state index in [1.807, 2.05) is 0 Å². The summed E-state index contributed by atoms with van der Waals surface area (Å²) in [6, 6.07) is 12.0. The van der Waals surface area contributed by atoms with E-state index in [1.165, 1.54) is 31.2 Å². The molecule has 0 amide bonds. The number of rotatable bonds is 5. The van der Waals surface area contributed by atoms with Gasteiger partial charge in [-0.15, -0.1) is 0 Å². The Morgan fingerprint density at radius 1 is 1.18 bits per heavy atom. The van der Waals surface area contributed by atoms with Gasteiger partial charge in [0.25, 0.3) is 0 Å². The molecule has 0 bridgehead atoms. The molecule has 17 heavy (non-hydrogen) atoms. The smallest absolute Gasteiger partial charge is 0.0466 e. The van der Waals surface area contributed by atoms with Gasteiger partial charge < -0.3 is 10.2 Å². The Labute approximate surface area is 105 Å². The maximum absolute atomic E-state index is 3.72. The molecule has 94 valence electrons. The molecule has 1 saturated carbocycles. The zero-order valence-corrected chi connectivity index (χ0v) is 11.0. The fourth-order valence-electron chi connectivity index (χ4n) is 2.68. The minimum absolute atomic E-state index is 0.483. The molecule has 0 aromatic heterocycles. The second-order valence-electron chi connectivity index (χ2n) is 5.28. The average molecular weight is 232 g/mol. The molecule has 0 saturated heterocycles. The lowest BCUT2D eigenvalue weighted by Gasteiger charge is -2.26. The quantitative estimate of drug-likeness (QED) is 0.840. The van der Waals surface area contributed by atoms with Crippen molar-refractivity contribution in [3.05, 3.63) is 35.9 Å². The van der Waals surface area contributed by atoms with Crippen LogP contribution in [-0.2, 0) is 0 Å². The zero-order chi connectivity index (χ0) is 12.1. The maximum Gasteiger partial charge on any atom is 0.0466 e. The summed E-state index contributed by atoms with van der Waals surface area (Å²) in [6.07, 6.45) is 5.51. The number of nitrogens with one attached hydrogen (secondary N) is 1. The molecule has 1 aliphatic carbocycles. The van der Waals surface area contributed by atoms with Gasteiger partial charge in [-0.3, -0.25) is 0 Å². The minimum atomic E-state index is 0.483. The van der Waals surface area contributed by atoms with Crippen molar-refractivity contribution < 1.29 is 0 Å². The molecular weight excluding hydrogens is 208 g/mol. The summed E-state index contributed by atoms with van der Waals surface area (Å²) >= 11 is 0. The van der Waals surface area contributed by atoms with Gasteiger partial charge in [-0.05, 0) is 32.5 Å². The van der Waals surface area contributed by atoms with Crippen molar-refractivity contribution in [1.29, 1.82) is 0 Å². The van der Waals surface area contributed by atoms with Crippen molar-refractivity contribution in [3.8, 4) is 0 Å². The molecule has 1 aromatic rings. The SMILES string of the molecule is CN(C)C(CNC1CCCC1)c1ccccc1. The lowest BCUT2D eigenvalue weighted by atomic mass is 10.1. The first kappa shape index (κ1) is 12.6. The molecule has 0 spiro atoms. The van der Waals surface area contributed by atoms with Crippen molar-refractivity contribution in [2.45, 2.75) is 37.8 Å². The molecule has 2 heteroatoms. The van der Waals surface area contributed by atoms with Crippen LogP contribution in [0.1, 0.15) is 37.3 Å². The van der Waals surface area contributed by atoms with E-state index < -0.39 is 0 Å². The Balaban J connectivity index is 1.93. The molecule has 1 fully saturated rings. The molecule has 1 N–H and O–H groups in total. The van der Waals surface area contributed by atoms with Crippen LogP contribution in [0, 0.1) is 0 Å². The molecule has 0 heterocycles. The molecule has 0 radical (unpaired) electrons. The number of hydrogen-bond donors (Lipinski definition) is 1. The van der Waals surface area contributed by atoms with Crippen molar-refractivity contribution in [1.82, 2.24) is 10.2 Å². The highest BCUT2D eigenvalue weighted by Crippen LogP contribution is 2.21. The third-order valence-corrected chi connectivity index (χ3v) is 3.76. The van der Waals surface area contributed by atoms with Crippen molar-refractivity contribution >= 4 is 0 Å². The summed E-state index contributed by atoms with van der Waals surface area (Å²) in [5.41, 5.74) is 1.41. The zero-order valence-electron chi connectivity index (χ0n) is 11.0. The average Bonchev–Trinajstić information content (AvgIpc) is 2.83. The summed E-state index contributed by atoms with van der Waals surface area (Å²) in [6.45, 7) is 1.06. The van der Waals surface area contributed by atoms with E-state index in [4.69, 9.17) is 0 Å². The van der Waals surface area contributed by atoms with Crippen molar-refractivity contribution in [3.63, 3.8) is 0 Å². The van der Waals surface area contributed by atoms with E-state index in [9.17, 15) is 0 Å². The maximum atomic E-state index is 3.72. The first-order chi connectivity index (χ1) is 8.27. The standard InChI is InChI=1S/C15H24N2/c1-17(2)15(13-8-4-3-5-9-13)12-16-14-10-6-7-11-14/h3-5,8-9,14-16H,6-7,10-12H2,1-2H3. The van der Waals surface area contributed by atoms with Crippen LogP contribution in [0.2, 0.25) is 0 Å². The van der Waals surface area contributed by atoms with E-state index >= 15 is 0 Å². The van der Waals surface area contributed by atoms with Gasteiger partial charge in [0.1, 0.15) is 0 Å². The van der Waals surface area contributed by atoms with Gasteiger partial charge in [-0.2, -0.15) is 0 Å². The van der Waals surface area contributed by atoms with E-state index in [0.717, 1.165) is 12.6 Å². The fraction of sp³-hybridized carbons (Fsp3) is 0.600. The fourth-order valence-corrected chi connectivity index (χ4v) is 2.68. The van der Waals surface area contributed by atoms with Crippen LogP contribution in [0.15, 0.2) is 30.3 Å². The van der Waals surface area contributed by atoms with E-state index in [1.54, 1.807) is 0 Å². The summed E-state index contributed by atoms with van der Waals surface area (Å²) in [4.78, 5) is 2.30. The Hall–Kier alpha value is -0.860. The van der Waals surface area contributed by atoms with Gasteiger partial charge in [0.15, 0.2) is 0 Å². The minimum Gasteiger partial charge on any atom is -0.312 e. The van der Waals surface area contributed by atoms with Crippen LogP contribution in [0.3, 0.4) is 0 Å². The van der Waals surface area contributed by atoms with Gasteiger partial charge in [-0.1, -0.05) is 43.2 Å². The first-order valence-electron chi connectivity index (χ1n) is 6.72. The Morgan fingerprint density at radius 2 is 1.82 bits per heavy atom. The van der Waals surface area contributed by atoms with Crippen LogP contribution >= 0.6 is 0 Å². The van der Waals surface area contributed by atoms with Gasteiger partial charge in [0, 0.05) is 18.6 Å². The normalized spacial score (nSPS) is 18.8. The second kappa shape index (κ2) is 6.18. The van der Waals surface area contributed by atoms with E-state index in [0.29, 0.717) is 6.04 Å². The van der Waals surface area contributed by atoms with Gasteiger partial charge in [0.2, 0.25) is 0 Å².